The highest BCUT2D eigenvalue weighted by Gasteiger charge is 2.42. The zero-order valence-electron chi connectivity index (χ0n) is 17.8. The van der Waals surface area contributed by atoms with Gasteiger partial charge in [0.15, 0.2) is 0 Å². The van der Waals surface area contributed by atoms with Gasteiger partial charge in [0, 0.05) is 33.8 Å². The van der Waals surface area contributed by atoms with Crippen molar-refractivity contribution in [3.8, 4) is 21.8 Å². The van der Waals surface area contributed by atoms with Crippen LogP contribution in [0, 0.1) is 0 Å². The maximum Gasteiger partial charge on any atom is 0.491 e. The Morgan fingerprint density at radius 1 is 1.24 bits per heavy atom. The maximum absolute atomic E-state index is 13.1. The van der Waals surface area contributed by atoms with E-state index >= 15 is 0 Å². The third-order valence-electron chi connectivity index (χ3n) is 4.59. The molecule has 0 radical (unpaired) electrons. The van der Waals surface area contributed by atoms with Gasteiger partial charge in [-0.25, -0.2) is 9.19 Å². The highest BCUT2D eigenvalue weighted by Crippen LogP contribution is 2.42. The minimum Gasteiger partial charge on any atom is -0.394 e. The Labute approximate surface area is 209 Å². The molecular weight excluding hydrogens is 563 g/mol. The van der Waals surface area contributed by atoms with Crippen molar-refractivity contribution in [1.29, 1.82) is 0 Å². The average molecular weight is 583 g/mol. The van der Waals surface area contributed by atoms with Crippen LogP contribution in [0.15, 0.2) is 40.3 Å². The second-order valence-electron chi connectivity index (χ2n) is 8.00. The van der Waals surface area contributed by atoms with Crippen molar-refractivity contribution in [2.24, 2.45) is 0 Å². The minimum absolute atomic E-state index is 0.0483. The van der Waals surface area contributed by atoms with Crippen LogP contribution in [0.25, 0.3) is 21.8 Å². The Morgan fingerprint density at radius 2 is 1.94 bits per heavy atom. The molecule has 1 N–H and O–H groups in total. The molecule has 0 saturated heterocycles. The molecule has 0 amide bonds. The van der Waals surface area contributed by atoms with E-state index in [-0.39, 0.29) is 20.6 Å². The van der Waals surface area contributed by atoms with Gasteiger partial charge in [-0.2, -0.15) is 13.2 Å². The molecule has 0 aliphatic rings. The van der Waals surface area contributed by atoms with Crippen LogP contribution in [-0.2, 0) is 16.4 Å². The second-order valence-corrected chi connectivity index (χ2v) is 11.4. The number of halogens is 5. The molecule has 2 aromatic heterocycles. The van der Waals surface area contributed by atoms with Crippen LogP contribution in [0.1, 0.15) is 26.5 Å². The highest BCUT2D eigenvalue weighted by atomic mass is 79.9. The maximum atomic E-state index is 13.1. The first kappa shape index (κ1) is 26.1. The number of hydrogen-bond donors (Lipinski definition) is 1. The first-order chi connectivity index (χ1) is 15.3. The number of pyridine rings is 1. The molecule has 1 aromatic carbocycles. The van der Waals surface area contributed by atoms with Crippen LogP contribution < -0.4 is 4.31 Å². The number of hydrogen-bond acceptors (Lipinski definition) is 5. The topological polar surface area (TPSA) is 66.3 Å². The van der Waals surface area contributed by atoms with Gasteiger partial charge in [-0.3, -0.25) is 9.29 Å². The molecule has 33 heavy (non-hydrogen) atoms. The summed E-state index contributed by atoms with van der Waals surface area (Å²) in [5.74, 6) is 0. The van der Waals surface area contributed by atoms with Gasteiger partial charge in [0.2, 0.25) is 11.0 Å². The highest BCUT2D eigenvalue weighted by molar-refractivity contribution is 9.10. The summed E-state index contributed by atoms with van der Waals surface area (Å²) in [5.41, 5.74) is -2.30. The smallest absolute Gasteiger partial charge is 0.394 e. The lowest BCUT2D eigenvalue weighted by Gasteiger charge is -2.25. The van der Waals surface area contributed by atoms with Crippen molar-refractivity contribution in [1.82, 2.24) is 9.97 Å². The zero-order valence-corrected chi connectivity index (χ0v) is 21.8. The van der Waals surface area contributed by atoms with E-state index < -0.39 is 29.6 Å². The summed E-state index contributed by atoms with van der Waals surface area (Å²) in [7, 11) is -3.36. The largest absolute Gasteiger partial charge is 0.491 e. The lowest BCUT2D eigenvalue weighted by atomic mass is 9.91. The average Bonchev–Trinajstić information content (AvgIpc) is 3.22. The van der Waals surface area contributed by atoms with Crippen molar-refractivity contribution in [3.63, 3.8) is 0 Å². The van der Waals surface area contributed by atoms with E-state index in [4.69, 9.17) is 11.6 Å². The Kier molecular flexibility index (Phi) is 7.89. The van der Waals surface area contributed by atoms with E-state index in [0.717, 1.165) is 16.3 Å². The van der Waals surface area contributed by atoms with Crippen LogP contribution in [0.2, 0.25) is 5.02 Å². The predicted molar refractivity (Wildman–Crippen MR) is 131 cm³/mol. The fourth-order valence-corrected chi connectivity index (χ4v) is 5.52. The van der Waals surface area contributed by atoms with Gasteiger partial charge in [-0.1, -0.05) is 32.4 Å². The van der Waals surface area contributed by atoms with Crippen molar-refractivity contribution >= 4 is 55.5 Å². The Hall–Kier alpha value is -1.53. The number of thiazole rings is 1. The van der Waals surface area contributed by atoms with Crippen molar-refractivity contribution in [3.05, 3.63) is 51.0 Å². The molecule has 3 aromatic rings. The lowest BCUT2D eigenvalue weighted by molar-refractivity contribution is -0.0387. The third-order valence-corrected chi connectivity index (χ3v) is 8.08. The number of nitrogens with zero attached hydrogens (tertiary/aromatic N) is 3. The van der Waals surface area contributed by atoms with Gasteiger partial charge in [-0.05, 0) is 40.2 Å². The van der Waals surface area contributed by atoms with Crippen molar-refractivity contribution in [2.75, 3.05) is 17.5 Å². The summed E-state index contributed by atoms with van der Waals surface area (Å²) in [6.45, 7) is 5.09. The van der Waals surface area contributed by atoms with Gasteiger partial charge >= 0.3 is 5.51 Å². The van der Waals surface area contributed by atoms with E-state index in [0.29, 0.717) is 15.6 Å². The second kappa shape index (κ2) is 9.99. The number of anilines is 1. The zero-order chi connectivity index (χ0) is 24.6. The van der Waals surface area contributed by atoms with E-state index in [2.05, 4.69) is 46.7 Å². The summed E-state index contributed by atoms with van der Waals surface area (Å²) in [6.07, 6.45) is 1.73. The van der Waals surface area contributed by atoms with Gasteiger partial charge in [0.05, 0.1) is 34.0 Å². The number of aliphatic hydroxyl groups is 1. The lowest BCUT2D eigenvalue weighted by Crippen LogP contribution is -2.37. The van der Waals surface area contributed by atoms with Crippen molar-refractivity contribution in [2.45, 2.75) is 31.7 Å². The van der Waals surface area contributed by atoms with E-state index in [9.17, 15) is 22.5 Å². The van der Waals surface area contributed by atoms with Crippen molar-refractivity contribution < 1.29 is 22.5 Å². The SMILES string of the molecule is CC(C)(C)c1cc(-c2nc(-c3ccc(N(CCO)S(=O)C(F)(F)F)c(Br)c3Cl)cs2)ccn1. The Morgan fingerprint density at radius 3 is 2.55 bits per heavy atom. The molecule has 0 bridgehead atoms. The standard InChI is InChI=1S/C21H20BrClF3N3O2S2/c1-20(2,3)16-10-12(6-7-27-16)19-28-14(11-32-19)13-4-5-15(17(22)18(13)23)29(8-9-30)33(31)21(24,25)26/h4-7,10-11,30H,8-9H2,1-3H3. The first-order valence-electron chi connectivity index (χ1n) is 9.62. The summed E-state index contributed by atoms with van der Waals surface area (Å²) in [4.78, 5) is 9.07. The number of alkyl halides is 3. The Balaban J connectivity index is 1.99. The summed E-state index contributed by atoms with van der Waals surface area (Å²) >= 11 is 11.1. The molecule has 1 atom stereocenters. The normalized spacial score (nSPS) is 13.2. The van der Waals surface area contributed by atoms with E-state index in [1.54, 1.807) is 11.6 Å². The van der Waals surface area contributed by atoms with Crippen LogP contribution in [0.4, 0.5) is 18.9 Å². The van der Waals surface area contributed by atoms with E-state index in [1.165, 1.54) is 23.5 Å². The molecule has 0 saturated carbocycles. The molecule has 0 aliphatic carbocycles. The first-order valence-corrected chi connectivity index (χ1v) is 12.8. The molecule has 2 heterocycles. The van der Waals surface area contributed by atoms with Crippen LogP contribution in [0.3, 0.4) is 0 Å². The summed E-state index contributed by atoms with van der Waals surface area (Å²) in [5, 5.41) is 11.9. The quantitative estimate of drug-likeness (QED) is 0.357. The minimum atomic E-state index is -4.99. The molecule has 1 unspecified atom stereocenters. The fourth-order valence-electron chi connectivity index (χ4n) is 2.94. The predicted octanol–water partition coefficient (Wildman–Crippen LogP) is 6.57. The molecule has 0 aliphatic heterocycles. The summed E-state index contributed by atoms with van der Waals surface area (Å²) in [6, 6.07) is 6.72. The summed E-state index contributed by atoms with van der Waals surface area (Å²) < 4.78 is 51.8. The number of aromatic nitrogens is 2. The monoisotopic (exact) mass is 581 g/mol. The third kappa shape index (κ3) is 5.76. The molecule has 0 spiro atoms. The molecule has 178 valence electrons. The van der Waals surface area contributed by atoms with Gasteiger partial charge in [0.1, 0.15) is 5.01 Å². The Bertz CT molecular complexity index is 1180. The molecule has 3 rings (SSSR count). The van der Waals surface area contributed by atoms with E-state index in [1.807, 2.05) is 12.1 Å². The number of aliphatic hydroxyl groups excluding tert-OH is 1. The number of rotatable bonds is 6. The van der Waals surface area contributed by atoms with Crippen LogP contribution in [-0.4, -0.2) is 37.9 Å². The van der Waals surface area contributed by atoms with Gasteiger partial charge < -0.3 is 5.11 Å². The number of benzene rings is 1. The van der Waals surface area contributed by atoms with Crippen LogP contribution in [0.5, 0.6) is 0 Å². The van der Waals surface area contributed by atoms with Gasteiger partial charge in [0.25, 0.3) is 0 Å². The van der Waals surface area contributed by atoms with Gasteiger partial charge in [-0.15, -0.1) is 11.3 Å². The molecule has 5 nitrogen and oxygen atoms in total. The molecular formula is C21H20BrClF3N3O2S2. The molecule has 12 heteroatoms. The fraction of sp³-hybridized carbons (Fsp3) is 0.333. The molecule has 0 fully saturated rings. The van der Waals surface area contributed by atoms with Crippen LogP contribution >= 0.6 is 38.9 Å².